The predicted octanol–water partition coefficient (Wildman–Crippen LogP) is 4.08. The Morgan fingerprint density at radius 1 is 0.941 bits per heavy atom. The number of fused-ring (bicyclic) bond motifs is 1. The Hall–Kier alpha value is -2.71. The van der Waals surface area contributed by atoms with Crippen molar-refractivity contribution in [1.82, 2.24) is 10.6 Å². The monoisotopic (exact) mass is 476 g/mol. The first-order chi connectivity index (χ1) is 16.5. The van der Waals surface area contributed by atoms with Crippen molar-refractivity contribution in [2.45, 2.75) is 89.0 Å². The number of methoxy groups -OCH3 is 1. The van der Waals surface area contributed by atoms with Crippen LogP contribution in [0.3, 0.4) is 0 Å². The molecule has 0 aromatic rings. The van der Waals surface area contributed by atoms with Gasteiger partial charge in [0, 0.05) is 18.0 Å². The second-order valence-corrected chi connectivity index (χ2v) is 9.66. The molecular weight excluding hydrogens is 440 g/mol. The number of alkyl carbamates (subject to hydrolysis) is 2. The number of nitrogens with one attached hydrogen (secondary N) is 2. The van der Waals surface area contributed by atoms with E-state index in [1.807, 2.05) is 6.08 Å². The maximum Gasteiger partial charge on any atom is 0.410 e. The van der Waals surface area contributed by atoms with E-state index in [2.05, 4.69) is 10.6 Å². The molecule has 9 nitrogen and oxygen atoms in total. The van der Waals surface area contributed by atoms with Crippen molar-refractivity contribution in [3.05, 3.63) is 23.5 Å². The zero-order valence-corrected chi connectivity index (χ0v) is 19.9. The van der Waals surface area contributed by atoms with Crippen molar-refractivity contribution in [1.29, 1.82) is 0 Å². The van der Waals surface area contributed by atoms with E-state index in [4.69, 9.17) is 18.9 Å². The molecule has 188 valence electrons. The molecule has 0 saturated heterocycles. The molecule has 34 heavy (non-hydrogen) atoms. The highest BCUT2D eigenvalue weighted by Gasteiger charge is 2.46. The van der Waals surface area contributed by atoms with Crippen molar-refractivity contribution < 1.29 is 33.3 Å². The second kappa shape index (κ2) is 11.6. The van der Waals surface area contributed by atoms with E-state index in [1.165, 1.54) is 26.2 Å². The van der Waals surface area contributed by atoms with Crippen molar-refractivity contribution in [2.24, 2.45) is 11.8 Å². The van der Waals surface area contributed by atoms with Crippen LogP contribution in [0.1, 0.15) is 70.6 Å². The Kier molecular flexibility index (Phi) is 8.34. The van der Waals surface area contributed by atoms with Gasteiger partial charge in [-0.15, -0.1) is 0 Å². The summed E-state index contributed by atoms with van der Waals surface area (Å²) in [6.07, 6.45) is 12.5. The van der Waals surface area contributed by atoms with Crippen molar-refractivity contribution in [3.63, 3.8) is 0 Å². The van der Waals surface area contributed by atoms with Gasteiger partial charge in [0.15, 0.2) is 0 Å². The molecule has 4 aliphatic rings. The number of hydrogen-bond donors (Lipinski definition) is 2. The van der Waals surface area contributed by atoms with Gasteiger partial charge < -0.3 is 29.6 Å². The predicted molar refractivity (Wildman–Crippen MR) is 122 cm³/mol. The first-order valence-electron chi connectivity index (χ1n) is 12.6. The Morgan fingerprint density at radius 2 is 1.56 bits per heavy atom. The molecule has 2 N–H and O–H groups in total. The topological polar surface area (TPSA) is 112 Å². The third-order valence-electron chi connectivity index (χ3n) is 7.39. The summed E-state index contributed by atoms with van der Waals surface area (Å²) < 4.78 is 21.8. The molecule has 3 atom stereocenters. The van der Waals surface area contributed by atoms with Gasteiger partial charge in [0.25, 0.3) is 6.29 Å². The summed E-state index contributed by atoms with van der Waals surface area (Å²) in [5, 5.41) is 5.87. The third kappa shape index (κ3) is 6.04. The average molecular weight is 477 g/mol. The summed E-state index contributed by atoms with van der Waals surface area (Å²) in [5.74, 6) is -1.18. The number of hydrogen-bond acceptors (Lipinski definition) is 7. The molecule has 3 aliphatic carbocycles. The molecule has 1 heterocycles. The fourth-order valence-electron chi connectivity index (χ4n) is 5.55. The van der Waals surface area contributed by atoms with Crippen LogP contribution < -0.4 is 10.6 Å². The van der Waals surface area contributed by atoms with Crippen LogP contribution in [-0.4, -0.2) is 50.2 Å². The Balaban J connectivity index is 1.38. The van der Waals surface area contributed by atoms with Crippen LogP contribution in [0.2, 0.25) is 0 Å². The van der Waals surface area contributed by atoms with Crippen molar-refractivity contribution >= 4 is 18.2 Å². The van der Waals surface area contributed by atoms with Crippen LogP contribution in [0, 0.1) is 11.8 Å². The molecule has 2 amide bonds. The number of rotatable bonds is 6. The fourth-order valence-corrected chi connectivity index (χ4v) is 5.55. The van der Waals surface area contributed by atoms with Gasteiger partial charge in [-0.05, 0) is 37.7 Å². The van der Waals surface area contributed by atoms with Gasteiger partial charge >= 0.3 is 18.2 Å². The number of esters is 1. The zero-order chi connectivity index (χ0) is 23.9. The summed E-state index contributed by atoms with van der Waals surface area (Å²) in [6, 6.07) is 0.255. The largest absolute Gasteiger partial charge is 0.466 e. The van der Waals surface area contributed by atoms with Crippen LogP contribution in [0.5, 0.6) is 0 Å². The van der Waals surface area contributed by atoms with Gasteiger partial charge in [-0.3, -0.25) is 0 Å². The average Bonchev–Trinajstić information content (AvgIpc) is 3.28. The van der Waals surface area contributed by atoms with Gasteiger partial charge in [-0.1, -0.05) is 44.6 Å². The Morgan fingerprint density at radius 3 is 2.18 bits per heavy atom. The lowest BCUT2D eigenvalue weighted by Crippen LogP contribution is -2.44. The van der Waals surface area contributed by atoms with E-state index in [9.17, 15) is 14.4 Å². The first kappa shape index (κ1) is 24.4. The SMILES string of the molecule is COC(=O)C1=COC(OC(=O)NC2CCCCC2)[C@@H]2C(COC(=O)NC3CCCCC3)=CC[C@H]12. The smallest absolute Gasteiger partial charge is 0.410 e. The summed E-state index contributed by atoms with van der Waals surface area (Å²) >= 11 is 0. The molecule has 0 spiro atoms. The molecule has 1 aliphatic heterocycles. The van der Waals surface area contributed by atoms with Crippen LogP contribution in [0.4, 0.5) is 9.59 Å². The number of carbonyl (C=O) groups is 3. The maximum absolute atomic E-state index is 12.6. The Bertz CT molecular complexity index is 812. The van der Waals surface area contributed by atoms with Gasteiger partial charge in [0.1, 0.15) is 6.61 Å². The van der Waals surface area contributed by atoms with Crippen LogP contribution in [0.15, 0.2) is 23.5 Å². The van der Waals surface area contributed by atoms with Crippen molar-refractivity contribution in [2.75, 3.05) is 13.7 Å². The number of ether oxygens (including phenoxy) is 4. The van der Waals surface area contributed by atoms with Crippen molar-refractivity contribution in [3.8, 4) is 0 Å². The molecule has 0 radical (unpaired) electrons. The summed E-state index contributed by atoms with van der Waals surface area (Å²) in [6.45, 7) is 0.0433. The molecule has 2 fully saturated rings. The van der Waals surface area contributed by atoms with E-state index in [0.717, 1.165) is 56.9 Å². The van der Waals surface area contributed by atoms with Crippen LogP contribution in [0.25, 0.3) is 0 Å². The maximum atomic E-state index is 12.6. The lowest BCUT2D eigenvalue weighted by Gasteiger charge is -2.34. The van der Waals surface area contributed by atoms with E-state index in [-0.39, 0.29) is 24.6 Å². The molecule has 2 saturated carbocycles. The quantitative estimate of drug-likeness (QED) is 0.337. The summed E-state index contributed by atoms with van der Waals surface area (Å²) in [5.41, 5.74) is 1.16. The molecule has 1 unspecified atom stereocenters. The second-order valence-electron chi connectivity index (χ2n) is 9.66. The highest BCUT2D eigenvalue weighted by atomic mass is 16.7. The van der Waals surface area contributed by atoms with E-state index >= 15 is 0 Å². The van der Waals surface area contributed by atoms with Gasteiger partial charge in [-0.2, -0.15) is 0 Å². The highest BCUT2D eigenvalue weighted by molar-refractivity contribution is 5.89. The van der Waals surface area contributed by atoms with Gasteiger partial charge in [0.2, 0.25) is 0 Å². The summed E-state index contributed by atoms with van der Waals surface area (Å²) in [7, 11) is 1.32. The summed E-state index contributed by atoms with van der Waals surface area (Å²) in [4.78, 5) is 37.2. The zero-order valence-electron chi connectivity index (χ0n) is 19.9. The molecule has 9 heteroatoms. The first-order valence-corrected chi connectivity index (χ1v) is 12.6. The minimum atomic E-state index is -0.916. The lowest BCUT2D eigenvalue weighted by molar-refractivity contribution is -0.142. The molecule has 0 aromatic carbocycles. The molecular formula is C25H36N2O7. The van der Waals surface area contributed by atoms with Crippen LogP contribution in [-0.2, 0) is 23.7 Å². The lowest BCUT2D eigenvalue weighted by atomic mass is 9.83. The number of amides is 2. The van der Waals surface area contributed by atoms with E-state index < -0.39 is 30.4 Å². The normalized spacial score (nSPS) is 27.4. The van der Waals surface area contributed by atoms with Gasteiger partial charge in [-0.25, -0.2) is 14.4 Å². The Labute approximate surface area is 200 Å². The minimum absolute atomic E-state index is 0.0433. The molecule has 4 rings (SSSR count). The van der Waals surface area contributed by atoms with E-state index in [1.54, 1.807) is 0 Å². The highest BCUT2D eigenvalue weighted by Crippen LogP contribution is 2.44. The van der Waals surface area contributed by atoms with Crippen LogP contribution >= 0.6 is 0 Å². The standard InChI is InChI=1S/C25H36N2O7/c1-31-22(28)20-15-32-23(34-25(30)27-18-10-6-3-7-11-18)21-16(12-13-19(20)21)14-33-24(29)26-17-8-4-2-5-9-17/h12,15,17-19,21,23H,2-11,13-14H2,1H3,(H,26,29)(H,27,30)/t19-,21-,23?/m1/s1. The molecule has 0 bridgehead atoms. The number of allylic oxidation sites excluding steroid dienone is 1. The minimum Gasteiger partial charge on any atom is -0.466 e. The number of carbonyl (C=O) groups excluding carboxylic acids is 3. The van der Waals surface area contributed by atoms with Gasteiger partial charge in [0.05, 0.1) is 24.9 Å². The van der Waals surface area contributed by atoms with E-state index in [0.29, 0.717) is 12.0 Å². The molecule has 0 aromatic heterocycles. The third-order valence-corrected chi connectivity index (χ3v) is 7.39. The fraction of sp³-hybridized carbons (Fsp3) is 0.720.